The molecule has 1 fully saturated rings. The topological polar surface area (TPSA) is 32.5 Å². The van der Waals surface area contributed by atoms with Crippen molar-refractivity contribution in [2.45, 2.75) is 32.7 Å². The quantitative estimate of drug-likeness (QED) is 0.864. The maximum absolute atomic E-state index is 5.75. The van der Waals surface area contributed by atoms with Crippen molar-refractivity contribution >= 4 is 21.6 Å². The molecule has 0 spiro atoms. The van der Waals surface area contributed by atoms with Crippen LogP contribution in [0.25, 0.3) is 0 Å². The van der Waals surface area contributed by atoms with E-state index in [1.807, 2.05) is 0 Å². The van der Waals surface area contributed by atoms with Crippen molar-refractivity contribution in [1.82, 2.24) is 4.90 Å². The second-order valence-corrected chi connectivity index (χ2v) is 6.34. The number of hydrogen-bond acceptors (Lipinski definition) is 3. The number of rotatable bonds is 6. The summed E-state index contributed by atoms with van der Waals surface area (Å²) in [5, 5.41) is 0. The van der Waals surface area contributed by atoms with E-state index in [0.29, 0.717) is 12.6 Å². The molecule has 1 heterocycles. The summed E-state index contributed by atoms with van der Waals surface area (Å²) < 4.78 is 1.15. The molecule has 1 aliphatic rings. The molecule has 0 aromatic heterocycles. The summed E-state index contributed by atoms with van der Waals surface area (Å²) in [6, 6.07) is 7.26. The highest BCUT2D eigenvalue weighted by atomic mass is 79.9. The second kappa shape index (κ2) is 7.43. The van der Waals surface area contributed by atoms with Crippen molar-refractivity contribution in [3.8, 4) is 0 Å². The molecule has 0 amide bonds. The first-order chi connectivity index (χ1) is 9.69. The first-order valence-electron chi connectivity index (χ1n) is 7.67. The van der Waals surface area contributed by atoms with Crippen molar-refractivity contribution in [2.24, 2.45) is 5.73 Å². The zero-order valence-corrected chi connectivity index (χ0v) is 14.2. The van der Waals surface area contributed by atoms with E-state index < -0.39 is 0 Å². The van der Waals surface area contributed by atoms with E-state index in [-0.39, 0.29) is 0 Å². The van der Waals surface area contributed by atoms with E-state index in [4.69, 9.17) is 5.73 Å². The van der Waals surface area contributed by atoms with Crippen molar-refractivity contribution in [1.29, 1.82) is 0 Å². The third kappa shape index (κ3) is 3.54. The van der Waals surface area contributed by atoms with Gasteiger partial charge in [0, 0.05) is 29.3 Å². The normalized spacial score (nSPS) is 19.1. The molecule has 0 aliphatic carbocycles. The van der Waals surface area contributed by atoms with Gasteiger partial charge >= 0.3 is 0 Å². The van der Waals surface area contributed by atoms with Crippen LogP contribution < -0.4 is 10.6 Å². The number of benzene rings is 1. The van der Waals surface area contributed by atoms with Gasteiger partial charge in [0.15, 0.2) is 0 Å². The fourth-order valence-electron chi connectivity index (χ4n) is 3.20. The molecule has 2 rings (SSSR count). The molecule has 3 nitrogen and oxygen atoms in total. The Labute approximate surface area is 131 Å². The third-order valence-electron chi connectivity index (χ3n) is 4.29. The molecule has 0 bridgehead atoms. The first kappa shape index (κ1) is 15.8. The Hall–Kier alpha value is -0.580. The third-order valence-corrected chi connectivity index (χ3v) is 4.79. The molecule has 1 aliphatic heterocycles. The number of halogens is 1. The summed E-state index contributed by atoms with van der Waals surface area (Å²) in [6.45, 7) is 9.79. The number of anilines is 1. The van der Waals surface area contributed by atoms with Crippen LogP contribution in [-0.4, -0.2) is 43.7 Å². The highest BCUT2D eigenvalue weighted by Gasteiger charge is 2.27. The Morgan fingerprint density at radius 3 is 2.75 bits per heavy atom. The molecule has 1 aromatic rings. The summed E-state index contributed by atoms with van der Waals surface area (Å²) in [6.07, 6.45) is 2.21. The van der Waals surface area contributed by atoms with E-state index in [0.717, 1.165) is 37.1 Å². The van der Waals surface area contributed by atoms with Gasteiger partial charge in [-0.2, -0.15) is 0 Å². The fourth-order valence-corrected chi connectivity index (χ4v) is 3.55. The van der Waals surface area contributed by atoms with E-state index in [2.05, 4.69) is 57.8 Å². The lowest BCUT2D eigenvalue weighted by Gasteiger charge is -2.27. The van der Waals surface area contributed by atoms with Crippen LogP contribution >= 0.6 is 15.9 Å². The van der Waals surface area contributed by atoms with Gasteiger partial charge in [-0.1, -0.05) is 35.8 Å². The standard InChI is InChI=1S/C16H26BrN3/c1-3-19(4-2)15-8-10-20(12-15)16-11-14(17)6-5-13(16)7-9-18/h5-6,11,15H,3-4,7-10,12,18H2,1-2H3. The minimum Gasteiger partial charge on any atom is -0.370 e. The molecular formula is C16H26BrN3. The molecule has 112 valence electrons. The largest absolute Gasteiger partial charge is 0.370 e. The summed E-state index contributed by atoms with van der Waals surface area (Å²) in [4.78, 5) is 5.10. The average molecular weight is 340 g/mol. The van der Waals surface area contributed by atoms with Crippen LogP contribution in [0.4, 0.5) is 5.69 Å². The van der Waals surface area contributed by atoms with Crippen LogP contribution in [0.2, 0.25) is 0 Å². The number of likely N-dealkylation sites (N-methyl/N-ethyl adjacent to an activating group) is 1. The minimum absolute atomic E-state index is 0.690. The second-order valence-electron chi connectivity index (χ2n) is 5.42. The molecule has 4 heteroatoms. The predicted molar refractivity (Wildman–Crippen MR) is 90.4 cm³/mol. The SMILES string of the molecule is CCN(CC)C1CCN(c2cc(Br)ccc2CCN)C1. The lowest BCUT2D eigenvalue weighted by atomic mass is 10.1. The number of nitrogens with zero attached hydrogens (tertiary/aromatic N) is 2. The molecular weight excluding hydrogens is 314 g/mol. The molecule has 1 aromatic carbocycles. The Balaban J connectivity index is 2.14. The van der Waals surface area contributed by atoms with Gasteiger partial charge in [-0.25, -0.2) is 0 Å². The van der Waals surface area contributed by atoms with Crippen LogP contribution in [0.3, 0.4) is 0 Å². The number of hydrogen-bond donors (Lipinski definition) is 1. The summed E-state index contributed by atoms with van der Waals surface area (Å²) >= 11 is 3.60. The molecule has 20 heavy (non-hydrogen) atoms. The molecule has 0 radical (unpaired) electrons. The predicted octanol–water partition coefficient (Wildman–Crippen LogP) is 2.87. The average Bonchev–Trinajstić information content (AvgIpc) is 2.92. The molecule has 1 unspecified atom stereocenters. The summed E-state index contributed by atoms with van der Waals surface area (Å²) in [5.41, 5.74) is 8.48. The van der Waals surface area contributed by atoms with Crippen molar-refractivity contribution < 1.29 is 0 Å². The molecule has 1 saturated heterocycles. The van der Waals surface area contributed by atoms with E-state index in [1.165, 1.54) is 17.7 Å². The zero-order valence-electron chi connectivity index (χ0n) is 12.6. The van der Waals surface area contributed by atoms with Crippen LogP contribution in [0.5, 0.6) is 0 Å². The Morgan fingerprint density at radius 1 is 1.35 bits per heavy atom. The van der Waals surface area contributed by atoms with Gasteiger partial charge in [-0.05, 0) is 50.2 Å². The maximum atomic E-state index is 5.75. The summed E-state index contributed by atoms with van der Waals surface area (Å²) in [5.74, 6) is 0. The van der Waals surface area contributed by atoms with Crippen molar-refractivity contribution in [3.63, 3.8) is 0 Å². The van der Waals surface area contributed by atoms with Gasteiger partial charge in [-0.15, -0.1) is 0 Å². The minimum atomic E-state index is 0.690. The molecule has 0 saturated carbocycles. The lowest BCUT2D eigenvalue weighted by molar-refractivity contribution is 0.232. The van der Waals surface area contributed by atoms with Gasteiger partial charge in [0.25, 0.3) is 0 Å². The summed E-state index contributed by atoms with van der Waals surface area (Å²) in [7, 11) is 0. The van der Waals surface area contributed by atoms with Crippen LogP contribution in [0.1, 0.15) is 25.8 Å². The van der Waals surface area contributed by atoms with Gasteiger partial charge < -0.3 is 10.6 Å². The highest BCUT2D eigenvalue weighted by Crippen LogP contribution is 2.29. The first-order valence-corrected chi connectivity index (χ1v) is 8.46. The highest BCUT2D eigenvalue weighted by molar-refractivity contribution is 9.10. The van der Waals surface area contributed by atoms with Gasteiger partial charge in [-0.3, -0.25) is 4.90 Å². The van der Waals surface area contributed by atoms with Crippen LogP contribution in [-0.2, 0) is 6.42 Å². The Morgan fingerprint density at radius 2 is 2.10 bits per heavy atom. The fraction of sp³-hybridized carbons (Fsp3) is 0.625. The zero-order chi connectivity index (χ0) is 14.5. The van der Waals surface area contributed by atoms with E-state index in [9.17, 15) is 0 Å². The van der Waals surface area contributed by atoms with Crippen molar-refractivity contribution in [3.05, 3.63) is 28.2 Å². The Kier molecular flexibility index (Phi) is 5.87. The smallest absolute Gasteiger partial charge is 0.0411 e. The van der Waals surface area contributed by atoms with Crippen LogP contribution in [0.15, 0.2) is 22.7 Å². The monoisotopic (exact) mass is 339 g/mol. The van der Waals surface area contributed by atoms with Crippen molar-refractivity contribution in [2.75, 3.05) is 37.6 Å². The van der Waals surface area contributed by atoms with Crippen LogP contribution in [0, 0.1) is 0 Å². The Bertz CT molecular complexity index is 432. The number of nitrogens with two attached hydrogens (primary N) is 1. The maximum Gasteiger partial charge on any atom is 0.0411 e. The van der Waals surface area contributed by atoms with Gasteiger partial charge in [0.1, 0.15) is 0 Å². The molecule has 2 N–H and O–H groups in total. The lowest BCUT2D eigenvalue weighted by Crippen LogP contribution is -2.37. The molecule has 1 atom stereocenters. The van der Waals surface area contributed by atoms with E-state index in [1.54, 1.807) is 0 Å². The van der Waals surface area contributed by atoms with Gasteiger partial charge in [0.2, 0.25) is 0 Å². The van der Waals surface area contributed by atoms with Gasteiger partial charge in [0.05, 0.1) is 0 Å². The van der Waals surface area contributed by atoms with E-state index >= 15 is 0 Å².